The second kappa shape index (κ2) is 9.90. The maximum absolute atomic E-state index is 9.83. The molecule has 3 N–H and O–H groups in total. The van der Waals surface area contributed by atoms with Crippen LogP contribution in [0, 0.1) is 0 Å². The maximum Gasteiger partial charge on any atom is 0.225 e. The van der Waals surface area contributed by atoms with E-state index >= 15 is 0 Å². The molecule has 8 nitrogen and oxygen atoms in total. The third kappa shape index (κ3) is 5.43. The quantitative estimate of drug-likeness (QED) is 0.357. The van der Waals surface area contributed by atoms with Crippen LogP contribution in [0.1, 0.15) is 36.9 Å². The van der Waals surface area contributed by atoms with Crippen molar-refractivity contribution in [2.24, 2.45) is 0 Å². The number of rotatable bonds is 7. The first-order valence-electron chi connectivity index (χ1n) is 11.6. The number of aliphatic hydroxyl groups excluding tert-OH is 1. The Labute approximate surface area is 203 Å². The van der Waals surface area contributed by atoms with Crippen LogP contribution in [0.15, 0.2) is 48.5 Å². The van der Waals surface area contributed by atoms with Gasteiger partial charge in [-0.2, -0.15) is 4.98 Å². The molecule has 1 aromatic carbocycles. The van der Waals surface area contributed by atoms with Gasteiger partial charge in [-0.05, 0) is 43.4 Å². The lowest BCUT2D eigenvalue weighted by Gasteiger charge is -2.26. The molecular formula is C25H29N7OS. The molecule has 1 fully saturated rings. The van der Waals surface area contributed by atoms with Crippen molar-refractivity contribution in [2.45, 2.75) is 44.2 Å². The minimum atomic E-state index is -0.193. The second-order valence-corrected chi connectivity index (χ2v) is 9.89. The van der Waals surface area contributed by atoms with Crippen LogP contribution in [-0.2, 0) is 6.42 Å². The molecule has 0 aliphatic heterocycles. The first kappa shape index (κ1) is 22.5. The van der Waals surface area contributed by atoms with Gasteiger partial charge < -0.3 is 20.6 Å². The predicted octanol–water partition coefficient (Wildman–Crippen LogP) is 4.60. The molecule has 1 saturated carbocycles. The second-order valence-electron chi connectivity index (χ2n) is 8.91. The molecule has 34 heavy (non-hydrogen) atoms. The fourth-order valence-electron chi connectivity index (χ4n) is 4.14. The summed E-state index contributed by atoms with van der Waals surface area (Å²) in [6.45, 7) is 0. The van der Waals surface area contributed by atoms with E-state index in [-0.39, 0.29) is 12.1 Å². The lowest BCUT2D eigenvalue weighted by atomic mass is 9.93. The number of pyridine rings is 1. The average Bonchev–Trinajstić information content (AvgIpc) is 3.22. The van der Waals surface area contributed by atoms with Gasteiger partial charge >= 0.3 is 0 Å². The van der Waals surface area contributed by atoms with Gasteiger partial charge in [-0.15, -0.1) is 0 Å². The Balaban J connectivity index is 1.41. The highest BCUT2D eigenvalue weighted by atomic mass is 32.1. The van der Waals surface area contributed by atoms with E-state index in [1.165, 1.54) is 16.9 Å². The summed E-state index contributed by atoms with van der Waals surface area (Å²) in [5.74, 6) is 2.21. The summed E-state index contributed by atoms with van der Waals surface area (Å²) in [4.78, 5) is 21.8. The van der Waals surface area contributed by atoms with Crippen LogP contribution in [-0.4, -0.2) is 51.3 Å². The molecule has 4 aromatic rings. The smallest absolute Gasteiger partial charge is 0.225 e. The van der Waals surface area contributed by atoms with Crippen molar-refractivity contribution in [3.8, 4) is 0 Å². The van der Waals surface area contributed by atoms with Gasteiger partial charge in [-0.3, -0.25) is 0 Å². The molecule has 0 radical (unpaired) electrons. The summed E-state index contributed by atoms with van der Waals surface area (Å²) < 4.78 is 0. The fraction of sp³-hybridized carbons (Fsp3) is 0.360. The number of aliphatic hydroxyl groups is 1. The summed E-state index contributed by atoms with van der Waals surface area (Å²) >= 11 is 1.51. The van der Waals surface area contributed by atoms with Crippen molar-refractivity contribution >= 4 is 44.4 Å². The number of nitrogens with one attached hydrogen (secondary N) is 2. The van der Waals surface area contributed by atoms with Crippen LogP contribution < -0.4 is 15.5 Å². The van der Waals surface area contributed by atoms with Crippen molar-refractivity contribution in [1.29, 1.82) is 0 Å². The Morgan fingerprint density at radius 2 is 1.76 bits per heavy atom. The third-order valence-electron chi connectivity index (χ3n) is 5.97. The van der Waals surface area contributed by atoms with Gasteiger partial charge in [0.2, 0.25) is 5.95 Å². The standard InChI is InChI=1S/C25H29N7OS/c1-32(2)22-13-12-20-23(31-22)34-25(28-20)30-21-15-18(14-16-6-4-3-5-7-16)27-24(29-21)26-17-8-10-19(33)11-9-17/h3-7,12-13,15,17,19,33H,8-11,14H2,1-2H3,(H2,26,27,28,29,30)/t17-,19-. The number of nitrogens with zero attached hydrogens (tertiary/aromatic N) is 5. The lowest BCUT2D eigenvalue weighted by Crippen LogP contribution is -2.29. The highest BCUT2D eigenvalue weighted by molar-refractivity contribution is 7.21. The Kier molecular flexibility index (Phi) is 6.55. The van der Waals surface area contributed by atoms with Crippen LogP contribution in [0.3, 0.4) is 0 Å². The van der Waals surface area contributed by atoms with E-state index in [2.05, 4.69) is 27.8 Å². The number of thiazole rings is 1. The number of benzene rings is 1. The molecule has 0 spiro atoms. The van der Waals surface area contributed by atoms with Crippen LogP contribution in [0.2, 0.25) is 0 Å². The molecule has 1 aliphatic rings. The SMILES string of the molecule is CN(C)c1ccc2nc(Nc3cc(Cc4ccccc4)nc(N[C@H]4CC[C@H](O)CC4)n3)sc2n1. The average molecular weight is 476 g/mol. The van der Waals surface area contributed by atoms with Gasteiger partial charge in [0, 0.05) is 32.6 Å². The molecule has 0 saturated heterocycles. The van der Waals surface area contributed by atoms with Crippen molar-refractivity contribution < 1.29 is 5.11 Å². The van der Waals surface area contributed by atoms with E-state index in [1.807, 2.05) is 55.4 Å². The van der Waals surface area contributed by atoms with Crippen LogP contribution >= 0.6 is 11.3 Å². The minimum absolute atomic E-state index is 0.193. The van der Waals surface area contributed by atoms with E-state index in [0.717, 1.165) is 52.7 Å². The zero-order valence-electron chi connectivity index (χ0n) is 19.4. The monoisotopic (exact) mass is 475 g/mol. The number of aromatic nitrogens is 4. The molecule has 176 valence electrons. The lowest BCUT2D eigenvalue weighted by molar-refractivity contribution is 0.126. The van der Waals surface area contributed by atoms with Crippen LogP contribution in [0.25, 0.3) is 10.3 Å². The van der Waals surface area contributed by atoms with E-state index in [9.17, 15) is 5.11 Å². The fourth-order valence-corrected chi connectivity index (χ4v) is 4.98. The van der Waals surface area contributed by atoms with Gasteiger partial charge in [0.15, 0.2) is 5.13 Å². The molecule has 0 amide bonds. The van der Waals surface area contributed by atoms with Crippen molar-refractivity contribution in [3.63, 3.8) is 0 Å². The van der Waals surface area contributed by atoms with Crippen LogP contribution in [0.4, 0.5) is 22.7 Å². The van der Waals surface area contributed by atoms with Crippen molar-refractivity contribution in [2.75, 3.05) is 29.6 Å². The summed E-state index contributed by atoms with van der Waals surface area (Å²) in [5, 5.41) is 17.4. The van der Waals surface area contributed by atoms with Gasteiger partial charge in [0.25, 0.3) is 0 Å². The van der Waals surface area contributed by atoms with Gasteiger partial charge in [0.1, 0.15) is 22.0 Å². The van der Waals surface area contributed by atoms with Crippen LogP contribution in [0.5, 0.6) is 0 Å². The Bertz CT molecular complexity index is 1250. The first-order valence-corrected chi connectivity index (χ1v) is 12.4. The molecule has 3 heterocycles. The predicted molar refractivity (Wildman–Crippen MR) is 138 cm³/mol. The molecule has 3 aromatic heterocycles. The Hall–Kier alpha value is -3.30. The first-order chi connectivity index (χ1) is 16.5. The molecule has 0 unspecified atom stereocenters. The summed E-state index contributed by atoms with van der Waals surface area (Å²) in [7, 11) is 3.95. The zero-order chi connectivity index (χ0) is 23.5. The van der Waals surface area contributed by atoms with E-state index < -0.39 is 0 Å². The number of fused-ring (bicyclic) bond motifs is 1. The van der Waals surface area contributed by atoms with E-state index in [1.54, 1.807) is 0 Å². The molecule has 9 heteroatoms. The third-order valence-corrected chi connectivity index (χ3v) is 6.85. The summed E-state index contributed by atoms with van der Waals surface area (Å²) in [6, 6.07) is 16.5. The Morgan fingerprint density at radius 1 is 0.971 bits per heavy atom. The zero-order valence-corrected chi connectivity index (χ0v) is 20.2. The van der Waals surface area contributed by atoms with Crippen molar-refractivity contribution in [1.82, 2.24) is 19.9 Å². The number of anilines is 4. The molecule has 1 aliphatic carbocycles. The largest absolute Gasteiger partial charge is 0.393 e. The molecular weight excluding hydrogens is 446 g/mol. The minimum Gasteiger partial charge on any atom is -0.393 e. The summed E-state index contributed by atoms with van der Waals surface area (Å²) in [5.41, 5.74) is 2.98. The van der Waals surface area contributed by atoms with Gasteiger partial charge in [-0.25, -0.2) is 15.0 Å². The van der Waals surface area contributed by atoms with E-state index in [4.69, 9.17) is 15.0 Å². The van der Waals surface area contributed by atoms with E-state index in [0.29, 0.717) is 18.2 Å². The van der Waals surface area contributed by atoms with Gasteiger partial charge in [0.05, 0.1) is 11.8 Å². The topological polar surface area (TPSA) is 99.1 Å². The molecule has 0 bridgehead atoms. The van der Waals surface area contributed by atoms with Gasteiger partial charge in [-0.1, -0.05) is 41.7 Å². The molecule has 0 atom stereocenters. The normalized spacial score (nSPS) is 18.1. The maximum atomic E-state index is 9.83. The number of hydrogen-bond donors (Lipinski definition) is 3. The number of hydrogen-bond acceptors (Lipinski definition) is 9. The Morgan fingerprint density at radius 3 is 2.53 bits per heavy atom. The summed E-state index contributed by atoms with van der Waals surface area (Å²) in [6.07, 6.45) is 3.95. The highest BCUT2D eigenvalue weighted by Crippen LogP contribution is 2.29. The highest BCUT2D eigenvalue weighted by Gasteiger charge is 2.20. The molecule has 5 rings (SSSR count). The van der Waals surface area contributed by atoms with Crippen molar-refractivity contribution in [3.05, 3.63) is 59.8 Å².